The van der Waals surface area contributed by atoms with Crippen molar-refractivity contribution in [1.29, 1.82) is 0 Å². The minimum atomic E-state index is -0.0260. The molecule has 3 unspecified atom stereocenters. The molecule has 2 fully saturated rings. The first-order valence-corrected chi connectivity index (χ1v) is 4.12. The van der Waals surface area contributed by atoms with Gasteiger partial charge in [0.25, 0.3) is 0 Å². The first kappa shape index (κ1) is 7.10. The molecule has 0 aliphatic carbocycles. The molecule has 0 N–H and O–H groups in total. The van der Waals surface area contributed by atoms with Gasteiger partial charge in [-0.05, 0) is 5.92 Å². The minimum absolute atomic E-state index is 0.0260. The van der Waals surface area contributed by atoms with E-state index in [9.17, 15) is 4.79 Å². The van der Waals surface area contributed by atoms with Crippen molar-refractivity contribution < 1.29 is 9.53 Å². The second kappa shape index (κ2) is 2.21. The van der Waals surface area contributed by atoms with Gasteiger partial charge < -0.3 is 4.74 Å². The number of carbonyl (C=O) groups excluding carboxylic acids is 1. The zero-order chi connectivity index (χ0) is 8.01. The van der Waals surface area contributed by atoms with Gasteiger partial charge in [0, 0.05) is 12.6 Å². The van der Waals surface area contributed by atoms with E-state index >= 15 is 0 Å². The molecule has 0 bridgehead atoms. The zero-order valence-corrected chi connectivity index (χ0v) is 6.91. The van der Waals surface area contributed by atoms with E-state index in [1.807, 2.05) is 0 Å². The van der Waals surface area contributed by atoms with Gasteiger partial charge in [0.05, 0.1) is 0 Å². The number of ether oxygens (including phenoxy) is 1. The molecule has 62 valence electrons. The van der Waals surface area contributed by atoms with E-state index in [-0.39, 0.29) is 12.0 Å². The molecule has 2 aliphatic heterocycles. The van der Waals surface area contributed by atoms with Gasteiger partial charge in [0.2, 0.25) is 0 Å². The van der Waals surface area contributed by atoms with E-state index in [4.69, 9.17) is 4.74 Å². The quantitative estimate of drug-likeness (QED) is 0.401. The summed E-state index contributed by atoms with van der Waals surface area (Å²) in [6, 6.07) is 0.578. The third-order valence-corrected chi connectivity index (χ3v) is 2.51. The highest BCUT2D eigenvalue weighted by atomic mass is 16.5. The van der Waals surface area contributed by atoms with Crippen LogP contribution in [0.25, 0.3) is 0 Å². The lowest BCUT2D eigenvalue weighted by Crippen LogP contribution is -2.39. The molecule has 0 aromatic carbocycles. The number of rotatable bonds is 1. The van der Waals surface area contributed by atoms with Crippen LogP contribution in [0.1, 0.15) is 13.8 Å². The maximum absolute atomic E-state index is 10.9. The van der Waals surface area contributed by atoms with Gasteiger partial charge in [-0.3, -0.25) is 9.69 Å². The summed E-state index contributed by atoms with van der Waals surface area (Å²) in [5, 5.41) is 0. The molecule has 0 saturated carbocycles. The Morgan fingerprint density at radius 2 is 2.36 bits per heavy atom. The highest BCUT2D eigenvalue weighted by molar-refractivity contribution is 5.80. The van der Waals surface area contributed by atoms with Gasteiger partial charge in [0.1, 0.15) is 12.6 Å². The van der Waals surface area contributed by atoms with Crippen LogP contribution in [0.3, 0.4) is 0 Å². The summed E-state index contributed by atoms with van der Waals surface area (Å²) in [6.45, 7) is 5.84. The van der Waals surface area contributed by atoms with Gasteiger partial charge in [-0.25, -0.2) is 0 Å². The summed E-state index contributed by atoms with van der Waals surface area (Å²) in [4.78, 5) is 13.2. The van der Waals surface area contributed by atoms with Crippen LogP contribution in [0.15, 0.2) is 0 Å². The minimum Gasteiger partial charge on any atom is -0.463 e. The largest absolute Gasteiger partial charge is 0.463 e. The van der Waals surface area contributed by atoms with Gasteiger partial charge in [-0.1, -0.05) is 13.8 Å². The van der Waals surface area contributed by atoms with Crippen LogP contribution in [-0.4, -0.2) is 36.1 Å². The number of fused-ring (bicyclic) bond motifs is 1. The van der Waals surface area contributed by atoms with E-state index in [0.29, 0.717) is 18.6 Å². The van der Waals surface area contributed by atoms with E-state index in [2.05, 4.69) is 18.7 Å². The van der Waals surface area contributed by atoms with Gasteiger partial charge in [-0.15, -0.1) is 0 Å². The lowest BCUT2D eigenvalue weighted by Gasteiger charge is -2.26. The van der Waals surface area contributed by atoms with Crippen LogP contribution in [-0.2, 0) is 9.53 Å². The maximum atomic E-state index is 10.9. The number of esters is 1. The fourth-order valence-corrected chi connectivity index (χ4v) is 1.66. The van der Waals surface area contributed by atoms with Crippen LogP contribution in [0.2, 0.25) is 0 Å². The summed E-state index contributed by atoms with van der Waals surface area (Å²) in [6.07, 6.45) is 0. The molecule has 2 saturated heterocycles. The summed E-state index contributed by atoms with van der Waals surface area (Å²) >= 11 is 0. The molecule has 11 heavy (non-hydrogen) atoms. The molecule has 2 aliphatic rings. The molecule has 0 aromatic rings. The third-order valence-electron chi connectivity index (χ3n) is 2.51. The van der Waals surface area contributed by atoms with Crippen LogP contribution in [0.4, 0.5) is 0 Å². The van der Waals surface area contributed by atoms with Crippen LogP contribution < -0.4 is 0 Å². The normalized spacial score (nSPS) is 41.7. The van der Waals surface area contributed by atoms with Crippen molar-refractivity contribution in [3.8, 4) is 0 Å². The molecule has 3 nitrogen and oxygen atoms in total. The molecule has 3 atom stereocenters. The number of hydrogen-bond acceptors (Lipinski definition) is 3. The third kappa shape index (κ3) is 1.03. The number of nitrogens with zero attached hydrogens (tertiary/aromatic N) is 1. The SMILES string of the molecule is CC(C)C1COC(=O)C2CN21. The smallest absolute Gasteiger partial charge is 0.324 e. The van der Waals surface area contributed by atoms with E-state index in [1.165, 1.54) is 0 Å². The fourth-order valence-electron chi connectivity index (χ4n) is 1.66. The summed E-state index contributed by atoms with van der Waals surface area (Å²) < 4.78 is 5.03. The standard InChI is InChI=1S/C8H13NO2/c1-5(2)7-4-11-8(10)6-3-9(6)7/h5-7H,3-4H2,1-2H3. The Bertz CT molecular complexity index is 191. The first-order chi connectivity index (χ1) is 5.20. The van der Waals surface area contributed by atoms with E-state index < -0.39 is 0 Å². The van der Waals surface area contributed by atoms with Gasteiger partial charge >= 0.3 is 5.97 Å². The van der Waals surface area contributed by atoms with Crippen molar-refractivity contribution in [1.82, 2.24) is 4.90 Å². The van der Waals surface area contributed by atoms with Crippen LogP contribution in [0.5, 0.6) is 0 Å². The molecule has 0 amide bonds. The lowest BCUT2D eigenvalue weighted by atomic mass is 10.0. The number of morpholine rings is 1. The fraction of sp³-hybridized carbons (Fsp3) is 0.875. The Hall–Kier alpha value is -0.570. The average molecular weight is 155 g/mol. The Labute approximate surface area is 66.3 Å². The predicted octanol–water partition coefficient (Wildman–Crippen LogP) is 0.252. The Kier molecular flexibility index (Phi) is 1.42. The molecule has 0 aromatic heterocycles. The number of hydrogen-bond donors (Lipinski definition) is 0. The second-order valence-electron chi connectivity index (χ2n) is 3.65. The van der Waals surface area contributed by atoms with Crippen molar-refractivity contribution in [2.75, 3.05) is 13.2 Å². The summed E-state index contributed by atoms with van der Waals surface area (Å²) in [5.74, 6) is 0.565. The molecular formula is C8H13NO2. The van der Waals surface area contributed by atoms with E-state index in [0.717, 1.165) is 6.54 Å². The second-order valence-corrected chi connectivity index (χ2v) is 3.65. The van der Waals surface area contributed by atoms with Crippen molar-refractivity contribution in [3.05, 3.63) is 0 Å². The number of carbonyl (C=O) groups is 1. The van der Waals surface area contributed by atoms with E-state index in [1.54, 1.807) is 0 Å². The van der Waals surface area contributed by atoms with Gasteiger partial charge in [0.15, 0.2) is 0 Å². The molecular weight excluding hydrogens is 142 g/mol. The topological polar surface area (TPSA) is 29.3 Å². The van der Waals surface area contributed by atoms with Crippen molar-refractivity contribution in [2.24, 2.45) is 5.92 Å². The average Bonchev–Trinajstić information content (AvgIpc) is 2.66. The zero-order valence-electron chi connectivity index (χ0n) is 6.91. The highest BCUT2D eigenvalue weighted by Crippen LogP contribution is 2.30. The van der Waals surface area contributed by atoms with Crippen molar-refractivity contribution >= 4 is 5.97 Å². The molecule has 2 rings (SSSR count). The Morgan fingerprint density at radius 1 is 1.64 bits per heavy atom. The van der Waals surface area contributed by atoms with Crippen molar-refractivity contribution in [2.45, 2.75) is 25.9 Å². The van der Waals surface area contributed by atoms with Gasteiger partial charge in [-0.2, -0.15) is 0 Å². The predicted molar refractivity (Wildman–Crippen MR) is 40.1 cm³/mol. The molecule has 3 heteroatoms. The highest BCUT2D eigenvalue weighted by Gasteiger charge is 2.50. The number of cyclic esters (lactones) is 1. The lowest BCUT2D eigenvalue weighted by molar-refractivity contribution is -0.150. The molecule has 0 radical (unpaired) electrons. The Balaban J connectivity index is 2.02. The monoisotopic (exact) mass is 155 g/mol. The summed E-state index contributed by atoms with van der Waals surface area (Å²) in [7, 11) is 0. The van der Waals surface area contributed by atoms with Crippen LogP contribution >= 0.6 is 0 Å². The molecule has 0 spiro atoms. The maximum Gasteiger partial charge on any atom is 0.324 e. The van der Waals surface area contributed by atoms with Crippen molar-refractivity contribution in [3.63, 3.8) is 0 Å². The summed E-state index contributed by atoms with van der Waals surface area (Å²) in [5.41, 5.74) is 0. The van der Waals surface area contributed by atoms with Crippen LogP contribution in [0, 0.1) is 5.92 Å². The Morgan fingerprint density at radius 3 is 3.00 bits per heavy atom. The first-order valence-electron chi connectivity index (χ1n) is 4.12. The molecule has 2 heterocycles.